The van der Waals surface area contributed by atoms with Crippen molar-refractivity contribution in [1.82, 2.24) is 10.2 Å². The summed E-state index contributed by atoms with van der Waals surface area (Å²) in [6.07, 6.45) is 0. The predicted molar refractivity (Wildman–Crippen MR) is 71.4 cm³/mol. The van der Waals surface area contributed by atoms with Crippen molar-refractivity contribution in [2.75, 3.05) is 26.3 Å². The highest BCUT2D eigenvalue weighted by Gasteiger charge is 2.30. The molecule has 2 heterocycles. The smallest absolute Gasteiger partial charge is 0.118 e. The monoisotopic (exact) mass is 252 g/mol. The number of ether oxygens (including phenoxy) is 1. The van der Waals surface area contributed by atoms with Gasteiger partial charge in [0.1, 0.15) is 11.5 Å². The summed E-state index contributed by atoms with van der Waals surface area (Å²) in [7, 11) is 0. The summed E-state index contributed by atoms with van der Waals surface area (Å²) in [4.78, 5) is 2.42. The van der Waals surface area contributed by atoms with Crippen LogP contribution in [0.2, 0.25) is 0 Å². The van der Waals surface area contributed by atoms with Crippen molar-refractivity contribution < 1.29 is 9.15 Å². The second-order valence-electron chi connectivity index (χ2n) is 5.43. The van der Waals surface area contributed by atoms with Gasteiger partial charge in [-0.05, 0) is 32.5 Å². The van der Waals surface area contributed by atoms with Crippen molar-refractivity contribution in [3.8, 4) is 0 Å². The Labute approximate surface area is 109 Å². The van der Waals surface area contributed by atoms with Crippen LogP contribution in [0, 0.1) is 0 Å². The van der Waals surface area contributed by atoms with Crippen LogP contribution in [0.25, 0.3) is 0 Å². The van der Waals surface area contributed by atoms with Gasteiger partial charge < -0.3 is 14.5 Å². The lowest BCUT2D eigenvalue weighted by Gasteiger charge is -2.41. The Morgan fingerprint density at radius 3 is 2.83 bits per heavy atom. The molecule has 1 fully saturated rings. The van der Waals surface area contributed by atoms with E-state index in [1.807, 2.05) is 0 Å². The predicted octanol–water partition coefficient (Wildman–Crippen LogP) is 2.00. The zero-order chi connectivity index (χ0) is 13.0. The minimum Gasteiger partial charge on any atom is -0.463 e. The molecule has 0 saturated carbocycles. The highest BCUT2D eigenvalue weighted by atomic mass is 16.5. The second-order valence-corrected chi connectivity index (χ2v) is 5.43. The highest BCUT2D eigenvalue weighted by molar-refractivity contribution is 5.07. The van der Waals surface area contributed by atoms with Crippen molar-refractivity contribution in [1.29, 1.82) is 0 Å². The lowest BCUT2D eigenvalue weighted by molar-refractivity contribution is -0.0578. The molecule has 4 heteroatoms. The number of rotatable bonds is 5. The summed E-state index contributed by atoms with van der Waals surface area (Å²) in [5, 5.41) is 3.27. The van der Waals surface area contributed by atoms with E-state index in [1.54, 1.807) is 0 Å². The van der Waals surface area contributed by atoms with Gasteiger partial charge in [-0.3, -0.25) is 4.90 Å². The summed E-state index contributed by atoms with van der Waals surface area (Å²) >= 11 is 0. The van der Waals surface area contributed by atoms with E-state index in [0.717, 1.165) is 50.9 Å². The Morgan fingerprint density at radius 1 is 1.33 bits per heavy atom. The summed E-state index contributed by atoms with van der Waals surface area (Å²) < 4.78 is 11.4. The van der Waals surface area contributed by atoms with Gasteiger partial charge in [-0.15, -0.1) is 0 Å². The first-order chi connectivity index (χ1) is 8.62. The molecule has 1 aromatic heterocycles. The van der Waals surface area contributed by atoms with Crippen LogP contribution in [0.15, 0.2) is 16.5 Å². The number of furan rings is 1. The molecule has 1 aliphatic heterocycles. The fourth-order valence-corrected chi connectivity index (χ4v) is 2.22. The molecule has 0 bridgehead atoms. The van der Waals surface area contributed by atoms with E-state index in [0.29, 0.717) is 0 Å². The topological polar surface area (TPSA) is 37.6 Å². The van der Waals surface area contributed by atoms with E-state index in [2.05, 4.69) is 43.1 Å². The third-order valence-electron chi connectivity index (χ3n) is 3.43. The van der Waals surface area contributed by atoms with Crippen LogP contribution >= 0.6 is 0 Å². The molecule has 18 heavy (non-hydrogen) atoms. The Morgan fingerprint density at radius 2 is 2.11 bits per heavy atom. The minimum atomic E-state index is 0.0902. The molecule has 1 aromatic rings. The molecule has 1 saturated heterocycles. The van der Waals surface area contributed by atoms with Crippen molar-refractivity contribution in [2.24, 2.45) is 0 Å². The van der Waals surface area contributed by atoms with Gasteiger partial charge in [0.25, 0.3) is 0 Å². The molecule has 2 rings (SSSR count). The number of hydrogen-bond acceptors (Lipinski definition) is 4. The Bertz CT molecular complexity index is 374. The molecule has 0 aliphatic carbocycles. The number of morpholine rings is 1. The first-order valence-corrected chi connectivity index (χ1v) is 6.73. The Balaban J connectivity index is 1.94. The van der Waals surface area contributed by atoms with Gasteiger partial charge in [0.2, 0.25) is 0 Å². The van der Waals surface area contributed by atoms with E-state index in [9.17, 15) is 0 Å². The average Bonchev–Trinajstić information content (AvgIpc) is 2.77. The molecule has 102 valence electrons. The fraction of sp³-hybridized carbons (Fsp3) is 0.714. The van der Waals surface area contributed by atoms with Crippen LogP contribution in [-0.2, 0) is 17.8 Å². The maximum Gasteiger partial charge on any atom is 0.118 e. The first-order valence-electron chi connectivity index (χ1n) is 6.73. The van der Waals surface area contributed by atoms with Gasteiger partial charge in [-0.25, -0.2) is 0 Å². The van der Waals surface area contributed by atoms with Crippen LogP contribution in [-0.4, -0.2) is 36.7 Å². The zero-order valence-corrected chi connectivity index (χ0v) is 11.7. The van der Waals surface area contributed by atoms with E-state index in [-0.39, 0.29) is 5.54 Å². The SMILES string of the molecule is CCNCc1ccc(CN2CCOCC2(C)C)o1. The molecule has 0 unspecified atom stereocenters. The molecule has 1 aliphatic rings. The normalized spacial score (nSPS) is 20.2. The lowest BCUT2D eigenvalue weighted by Crippen LogP contribution is -2.52. The maximum atomic E-state index is 5.84. The Hall–Kier alpha value is -0.840. The summed E-state index contributed by atoms with van der Waals surface area (Å²) in [5.41, 5.74) is 0.0902. The number of hydrogen-bond donors (Lipinski definition) is 1. The molecule has 0 amide bonds. The summed E-state index contributed by atoms with van der Waals surface area (Å²) in [5.74, 6) is 2.05. The van der Waals surface area contributed by atoms with Crippen molar-refractivity contribution in [3.05, 3.63) is 23.7 Å². The van der Waals surface area contributed by atoms with Crippen LogP contribution in [0.1, 0.15) is 32.3 Å². The summed E-state index contributed by atoms with van der Waals surface area (Å²) in [6.45, 7) is 11.7. The van der Waals surface area contributed by atoms with Gasteiger partial charge in [0, 0.05) is 12.1 Å². The van der Waals surface area contributed by atoms with Crippen LogP contribution in [0.4, 0.5) is 0 Å². The fourth-order valence-electron chi connectivity index (χ4n) is 2.22. The van der Waals surface area contributed by atoms with Gasteiger partial charge in [0.15, 0.2) is 0 Å². The molecule has 0 aromatic carbocycles. The summed E-state index contributed by atoms with van der Waals surface area (Å²) in [6, 6.07) is 4.14. The van der Waals surface area contributed by atoms with E-state index >= 15 is 0 Å². The quantitative estimate of drug-likeness (QED) is 0.870. The van der Waals surface area contributed by atoms with Gasteiger partial charge >= 0.3 is 0 Å². The van der Waals surface area contributed by atoms with Crippen LogP contribution in [0.3, 0.4) is 0 Å². The third kappa shape index (κ3) is 3.34. The van der Waals surface area contributed by atoms with Gasteiger partial charge in [0.05, 0.1) is 26.3 Å². The molecule has 0 spiro atoms. The standard InChI is InChI=1S/C14H24N2O2/c1-4-15-9-12-5-6-13(18-12)10-16-7-8-17-11-14(16,2)3/h5-6,15H,4,7-11H2,1-3H3. The Kier molecular flexibility index (Phi) is 4.43. The zero-order valence-electron chi connectivity index (χ0n) is 11.7. The van der Waals surface area contributed by atoms with E-state index in [4.69, 9.17) is 9.15 Å². The van der Waals surface area contributed by atoms with Crippen molar-refractivity contribution in [3.63, 3.8) is 0 Å². The molecule has 0 radical (unpaired) electrons. The van der Waals surface area contributed by atoms with Crippen molar-refractivity contribution >= 4 is 0 Å². The molecule has 1 N–H and O–H groups in total. The highest BCUT2D eigenvalue weighted by Crippen LogP contribution is 2.22. The first kappa shape index (κ1) is 13.6. The molecular weight excluding hydrogens is 228 g/mol. The molecular formula is C14H24N2O2. The van der Waals surface area contributed by atoms with E-state index < -0.39 is 0 Å². The third-order valence-corrected chi connectivity index (χ3v) is 3.43. The largest absolute Gasteiger partial charge is 0.463 e. The molecule has 4 nitrogen and oxygen atoms in total. The van der Waals surface area contributed by atoms with Gasteiger partial charge in [-0.2, -0.15) is 0 Å². The average molecular weight is 252 g/mol. The minimum absolute atomic E-state index is 0.0902. The molecule has 0 atom stereocenters. The lowest BCUT2D eigenvalue weighted by atomic mass is 10.0. The number of nitrogens with one attached hydrogen (secondary N) is 1. The van der Waals surface area contributed by atoms with Crippen LogP contribution in [0.5, 0.6) is 0 Å². The second kappa shape index (κ2) is 5.87. The van der Waals surface area contributed by atoms with Crippen LogP contribution < -0.4 is 5.32 Å². The van der Waals surface area contributed by atoms with Crippen molar-refractivity contribution in [2.45, 2.75) is 39.4 Å². The van der Waals surface area contributed by atoms with E-state index in [1.165, 1.54) is 0 Å². The number of nitrogens with zero attached hydrogens (tertiary/aromatic N) is 1. The van der Waals surface area contributed by atoms with Gasteiger partial charge in [-0.1, -0.05) is 6.92 Å². The maximum absolute atomic E-state index is 5.84.